The first-order valence-corrected chi connectivity index (χ1v) is 5.29. The monoisotopic (exact) mass is 200 g/mol. The molecule has 0 heterocycles. The summed E-state index contributed by atoms with van der Waals surface area (Å²) in [6.07, 6.45) is 1.91. The zero-order valence-electron chi connectivity index (χ0n) is 6.71. The molecule has 0 saturated carbocycles. The van der Waals surface area contributed by atoms with Crippen LogP contribution in [0, 0.1) is 0 Å². The van der Waals surface area contributed by atoms with Crippen LogP contribution in [0.2, 0.25) is 5.02 Å². The Labute approximate surface area is 81.1 Å². The third kappa shape index (κ3) is 2.54. The molecule has 0 spiro atoms. The molecule has 0 amide bonds. The SMILES string of the molecule is CSCC(=O)c1cccc(Cl)c1. The third-order valence-corrected chi connectivity index (χ3v) is 2.21. The summed E-state index contributed by atoms with van der Waals surface area (Å²) in [6, 6.07) is 7.03. The summed E-state index contributed by atoms with van der Waals surface area (Å²) in [4.78, 5) is 11.3. The highest BCUT2D eigenvalue weighted by atomic mass is 35.5. The minimum atomic E-state index is 0.130. The summed E-state index contributed by atoms with van der Waals surface area (Å²) in [6.45, 7) is 0. The van der Waals surface area contributed by atoms with E-state index in [1.807, 2.05) is 6.26 Å². The van der Waals surface area contributed by atoms with Crippen molar-refractivity contribution >= 4 is 29.1 Å². The molecule has 0 aromatic heterocycles. The second-order valence-electron chi connectivity index (χ2n) is 2.37. The van der Waals surface area contributed by atoms with Gasteiger partial charge in [-0.15, -0.1) is 0 Å². The molecule has 0 aliphatic carbocycles. The van der Waals surface area contributed by atoms with Gasteiger partial charge in [0.1, 0.15) is 0 Å². The Balaban J connectivity index is 2.81. The van der Waals surface area contributed by atoms with Crippen LogP contribution >= 0.6 is 23.4 Å². The van der Waals surface area contributed by atoms with Gasteiger partial charge in [0.05, 0.1) is 5.75 Å². The second-order valence-corrected chi connectivity index (χ2v) is 3.67. The first-order valence-electron chi connectivity index (χ1n) is 3.51. The maximum absolute atomic E-state index is 11.3. The maximum atomic E-state index is 11.3. The van der Waals surface area contributed by atoms with E-state index in [-0.39, 0.29) is 5.78 Å². The van der Waals surface area contributed by atoms with Crippen LogP contribution < -0.4 is 0 Å². The lowest BCUT2D eigenvalue weighted by Crippen LogP contribution is -2.01. The van der Waals surface area contributed by atoms with E-state index >= 15 is 0 Å². The molecule has 1 aromatic rings. The predicted octanol–water partition coefficient (Wildman–Crippen LogP) is 2.89. The highest BCUT2D eigenvalue weighted by Crippen LogP contribution is 2.12. The van der Waals surface area contributed by atoms with Gasteiger partial charge < -0.3 is 0 Å². The first kappa shape index (κ1) is 9.62. The Morgan fingerprint density at radius 2 is 2.33 bits per heavy atom. The van der Waals surface area contributed by atoms with Crippen LogP contribution in [-0.4, -0.2) is 17.8 Å². The molecule has 1 aromatic carbocycles. The zero-order chi connectivity index (χ0) is 8.97. The molecule has 0 unspecified atom stereocenters. The van der Waals surface area contributed by atoms with E-state index in [1.54, 1.807) is 24.3 Å². The van der Waals surface area contributed by atoms with Gasteiger partial charge in [-0.3, -0.25) is 4.79 Å². The van der Waals surface area contributed by atoms with Crippen molar-refractivity contribution in [2.24, 2.45) is 0 Å². The first-order chi connectivity index (χ1) is 5.74. The Bertz CT molecular complexity index is 286. The highest BCUT2D eigenvalue weighted by Gasteiger charge is 2.03. The van der Waals surface area contributed by atoms with Crippen molar-refractivity contribution in [2.45, 2.75) is 0 Å². The van der Waals surface area contributed by atoms with E-state index in [2.05, 4.69) is 0 Å². The lowest BCUT2D eigenvalue weighted by Gasteiger charge is -1.98. The normalized spacial score (nSPS) is 9.83. The number of carbonyl (C=O) groups is 1. The van der Waals surface area contributed by atoms with Crippen LogP contribution in [0.3, 0.4) is 0 Å². The zero-order valence-corrected chi connectivity index (χ0v) is 8.28. The Kier molecular flexibility index (Phi) is 3.63. The predicted molar refractivity (Wildman–Crippen MR) is 54.2 cm³/mol. The molecule has 0 aliphatic heterocycles. The van der Waals surface area contributed by atoms with Crippen LogP contribution in [0.1, 0.15) is 10.4 Å². The average Bonchev–Trinajstić information content (AvgIpc) is 2.05. The summed E-state index contributed by atoms with van der Waals surface area (Å²) in [5.74, 6) is 0.644. The van der Waals surface area contributed by atoms with Gasteiger partial charge in [0.25, 0.3) is 0 Å². The van der Waals surface area contributed by atoms with Crippen LogP contribution in [0.4, 0.5) is 0 Å². The smallest absolute Gasteiger partial charge is 0.172 e. The molecule has 0 fully saturated rings. The van der Waals surface area contributed by atoms with E-state index in [9.17, 15) is 4.79 Å². The standard InChI is InChI=1S/C9H9ClOS/c1-12-6-9(11)7-3-2-4-8(10)5-7/h2-5H,6H2,1H3. The van der Waals surface area contributed by atoms with Crippen molar-refractivity contribution in [1.29, 1.82) is 0 Å². The van der Waals surface area contributed by atoms with Gasteiger partial charge in [-0.2, -0.15) is 11.8 Å². The Morgan fingerprint density at radius 3 is 2.92 bits per heavy atom. The average molecular weight is 201 g/mol. The molecule has 0 saturated heterocycles. The molecule has 1 nitrogen and oxygen atoms in total. The summed E-state index contributed by atoms with van der Waals surface area (Å²) in [5.41, 5.74) is 0.692. The highest BCUT2D eigenvalue weighted by molar-refractivity contribution is 7.99. The Morgan fingerprint density at radius 1 is 1.58 bits per heavy atom. The number of rotatable bonds is 3. The van der Waals surface area contributed by atoms with Crippen molar-refractivity contribution < 1.29 is 4.79 Å². The van der Waals surface area contributed by atoms with Crippen molar-refractivity contribution in [3.63, 3.8) is 0 Å². The third-order valence-electron chi connectivity index (χ3n) is 1.42. The number of carbonyl (C=O) groups excluding carboxylic acids is 1. The van der Waals surface area contributed by atoms with Crippen molar-refractivity contribution in [1.82, 2.24) is 0 Å². The van der Waals surface area contributed by atoms with Crippen LogP contribution in [-0.2, 0) is 0 Å². The van der Waals surface area contributed by atoms with Gasteiger partial charge >= 0.3 is 0 Å². The molecule has 0 bridgehead atoms. The number of thioether (sulfide) groups is 1. The minimum absolute atomic E-state index is 0.130. The molecule has 1 rings (SSSR count). The lowest BCUT2D eigenvalue weighted by atomic mass is 10.1. The van der Waals surface area contributed by atoms with E-state index in [4.69, 9.17) is 11.6 Å². The topological polar surface area (TPSA) is 17.1 Å². The molecule has 64 valence electrons. The van der Waals surface area contributed by atoms with Crippen molar-refractivity contribution in [3.05, 3.63) is 34.9 Å². The van der Waals surface area contributed by atoms with Gasteiger partial charge in [0.2, 0.25) is 0 Å². The number of hydrogen-bond donors (Lipinski definition) is 0. The van der Waals surface area contributed by atoms with E-state index in [0.717, 1.165) is 0 Å². The van der Waals surface area contributed by atoms with Gasteiger partial charge in [0, 0.05) is 10.6 Å². The summed E-state index contributed by atoms with van der Waals surface area (Å²) >= 11 is 7.25. The number of Topliss-reactive ketones (excluding diaryl/α,β-unsaturated/α-hetero) is 1. The Hall–Kier alpha value is -0.470. The van der Waals surface area contributed by atoms with Crippen LogP contribution in [0.25, 0.3) is 0 Å². The molecular weight excluding hydrogens is 192 g/mol. The van der Waals surface area contributed by atoms with Crippen LogP contribution in [0.15, 0.2) is 24.3 Å². The fourth-order valence-corrected chi connectivity index (χ4v) is 1.50. The molecule has 12 heavy (non-hydrogen) atoms. The summed E-state index contributed by atoms with van der Waals surface area (Å²) in [5, 5.41) is 0.613. The van der Waals surface area contributed by atoms with Gasteiger partial charge in [-0.05, 0) is 18.4 Å². The quantitative estimate of drug-likeness (QED) is 0.698. The van der Waals surface area contributed by atoms with Gasteiger partial charge in [-0.1, -0.05) is 23.7 Å². The number of ketones is 1. The van der Waals surface area contributed by atoms with E-state index in [1.165, 1.54) is 11.8 Å². The van der Waals surface area contributed by atoms with Gasteiger partial charge in [-0.25, -0.2) is 0 Å². The number of hydrogen-bond acceptors (Lipinski definition) is 2. The largest absolute Gasteiger partial charge is 0.293 e. The second kappa shape index (κ2) is 4.53. The van der Waals surface area contributed by atoms with Crippen molar-refractivity contribution in [2.75, 3.05) is 12.0 Å². The molecule has 3 heteroatoms. The minimum Gasteiger partial charge on any atom is -0.293 e. The fraction of sp³-hybridized carbons (Fsp3) is 0.222. The number of halogens is 1. The van der Waals surface area contributed by atoms with E-state index in [0.29, 0.717) is 16.3 Å². The molecule has 0 N–H and O–H groups in total. The maximum Gasteiger partial charge on any atom is 0.172 e. The molecular formula is C9H9ClOS. The van der Waals surface area contributed by atoms with Crippen LogP contribution in [0.5, 0.6) is 0 Å². The molecule has 0 radical (unpaired) electrons. The number of benzene rings is 1. The van der Waals surface area contributed by atoms with Gasteiger partial charge in [0.15, 0.2) is 5.78 Å². The fourth-order valence-electron chi connectivity index (χ4n) is 0.876. The summed E-state index contributed by atoms with van der Waals surface area (Å²) < 4.78 is 0. The van der Waals surface area contributed by atoms with E-state index < -0.39 is 0 Å². The molecule has 0 aliphatic rings. The summed E-state index contributed by atoms with van der Waals surface area (Å²) in [7, 11) is 0. The molecule has 0 atom stereocenters. The van der Waals surface area contributed by atoms with Crippen molar-refractivity contribution in [3.8, 4) is 0 Å². The lowest BCUT2D eigenvalue weighted by molar-refractivity contribution is 0.102.